The van der Waals surface area contributed by atoms with Crippen LogP contribution in [0.3, 0.4) is 0 Å². The molecule has 0 aromatic heterocycles. The molecule has 5 heteroatoms. The molecule has 2 rings (SSSR count). The largest absolute Gasteiger partial charge is 0.465 e. The number of nitrogens with one attached hydrogen (secondary N) is 1. The van der Waals surface area contributed by atoms with Crippen LogP contribution in [0.1, 0.15) is 23.2 Å². The molecule has 1 aromatic rings. The van der Waals surface area contributed by atoms with Gasteiger partial charge in [0.05, 0.1) is 24.0 Å². The predicted octanol–water partition coefficient (Wildman–Crippen LogP) is 2.02. The fourth-order valence-electron chi connectivity index (χ4n) is 1.62. The fraction of sp³-hybridized carbons (Fsp3) is 0.417. The molecule has 0 spiro atoms. The van der Waals surface area contributed by atoms with Gasteiger partial charge in [0.15, 0.2) is 0 Å². The molecule has 0 saturated heterocycles. The van der Waals surface area contributed by atoms with Gasteiger partial charge in [0.2, 0.25) is 0 Å². The first-order valence-corrected chi connectivity index (χ1v) is 5.53. The minimum absolute atomic E-state index is 0.125. The summed E-state index contributed by atoms with van der Waals surface area (Å²) >= 11 is 0. The quantitative estimate of drug-likeness (QED) is 0.622. The van der Waals surface area contributed by atoms with Crippen molar-refractivity contribution >= 4 is 17.3 Å². The lowest BCUT2D eigenvalue weighted by molar-refractivity contribution is 0.0600. The molecule has 17 heavy (non-hydrogen) atoms. The van der Waals surface area contributed by atoms with Gasteiger partial charge in [0.25, 0.3) is 0 Å². The van der Waals surface area contributed by atoms with E-state index in [1.54, 1.807) is 0 Å². The Balaban J connectivity index is 2.18. The average Bonchev–Trinajstić information content (AvgIpc) is 3.10. The van der Waals surface area contributed by atoms with Crippen molar-refractivity contribution in [1.82, 2.24) is 0 Å². The zero-order valence-corrected chi connectivity index (χ0v) is 9.63. The van der Waals surface area contributed by atoms with E-state index in [1.807, 2.05) is 0 Å². The van der Waals surface area contributed by atoms with Crippen molar-refractivity contribution < 1.29 is 13.9 Å². The highest BCUT2D eigenvalue weighted by atomic mass is 19.1. The highest BCUT2D eigenvalue weighted by Crippen LogP contribution is 2.31. The second kappa shape index (κ2) is 4.61. The molecule has 1 aliphatic carbocycles. The molecular formula is C12H15FN2O2. The minimum atomic E-state index is -0.593. The van der Waals surface area contributed by atoms with Gasteiger partial charge in [0, 0.05) is 6.54 Å². The number of carbonyl (C=O) groups excluding carboxylic acids is 1. The van der Waals surface area contributed by atoms with Crippen molar-refractivity contribution in [2.75, 3.05) is 24.7 Å². The third-order valence-electron chi connectivity index (χ3n) is 2.81. The summed E-state index contributed by atoms with van der Waals surface area (Å²) in [5.74, 6) is -0.496. The molecule has 0 unspecified atom stereocenters. The van der Waals surface area contributed by atoms with Crippen LogP contribution in [0.15, 0.2) is 12.1 Å². The number of nitrogen functional groups attached to an aromatic ring is 1. The first-order valence-electron chi connectivity index (χ1n) is 5.53. The Morgan fingerprint density at radius 2 is 2.29 bits per heavy atom. The van der Waals surface area contributed by atoms with Crippen molar-refractivity contribution in [2.45, 2.75) is 12.8 Å². The van der Waals surface area contributed by atoms with Crippen LogP contribution in [0.2, 0.25) is 0 Å². The topological polar surface area (TPSA) is 64.3 Å². The van der Waals surface area contributed by atoms with E-state index in [0.29, 0.717) is 5.92 Å². The Hall–Kier alpha value is -1.78. The number of benzene rings is 1. The maximum atomic E-state index is 13.7. The number of hydrogen-bond acceptors (Lipinski definition) is 4. The summed E-state index contributed by atoms with van der Waals surface area (Å²) in [5.41, 5.74) is 6.33. The lowest BCUT2D eigenvalue weighted by Gasteiger charge is -2.11. The fourth-order valence-corrected chi connectivity index (χ4v) is 1.62. The number of anilines is 2. The second-order valence-electron chi connectivity index (χ2n) is 4.24. The monoisotopic (exact) mass is 238 g/mol. The van der Waals surface area contributed by atoms with E-state index in [-0.39, 0.29) is 16.9 Å². The molecule has 0 radical (unpaired) electrons. The van der Waals surface area contributed by atoms with E-state index < -0.39 is 11.8 Å². The number of methoxy groups -OCH3 is 1. The molecule has 0 atom stereocenters. The van der Waals surface area contributed by atoms with E-state index in [1.165, 1.54) is 26.0 Å². The van der Waals surface area contributed by atoms with Crippen molar-refractivity contribution in [1.29, 1.82) is 0 Å². The number of nitrogens with two attached hydrogens (primary N) is 1. The van der Waals surface area contributed by atoms with Gasteiger partial charge in [-0.15, -0.1) is 0 Å². The number of esters is 1. The number of rotatable bonds is 4. The first-order chi connectivity index (χ1) is 8.11. The van der Waals surface area contributed by atoms with Crippen LogP contribution in [0.4, 0.5) is 15.8 Å². The van der Waals surface area contributed by atoms with Crippen molar-refractivity contribution in [2.24, 2.45) is 5.92 Å². The summed E-state index contributed by atoms with van der Waals surface area (Å²) in [4.78, 5) is 11.2. The summed E-state index contributed by atoms with van der Waals surface area (Å²) in [7, 11) is 1.25. The number of halogens is 1. The normalized spacial score (nSPS) is 14.5. The molecule has 1 aromatic carbocycles. The van der Waals surface area contributed by atoms with Crippen molar-refractivity contribution in [3.05, 3.63) is 23.5 Å². The van der Waals surface area contributed by atoms with Gasteiger partial charge in [-0.2, -0.15) is 0 Å². The van der Waals surface area contributed by atoms with Gasteiger partial charge in [-0.1, -0.05) is 0 Å². The van der Waals surface area contributed by atoms with Crippen molar-refractivity contribution in [3.63, 3.8) is 0 Å². The SMILES string of the molecule is COC(=O)c1cc(N)c(NCC2CC2)c(F)c1. The molecule has 3 N–H and O–H groups in total. The van der Waals surface area contributed by atoms with Gasteiger partial charge < -0.3 is 15.8 Å². The summed E-state index contributed by atoms with van der Waals surface area (Å²) in [6, 6.07) is 2.56. The molecule has 4 nitrogen and oxygen atoms in total. The highest BCUT2D eigenvalue weighted by Gasteiger charge is 2.22. The highest BCUT2D eigenvalue weighted by molar-refractivity contribution is 5.92. The Bertz CT molecular complexity index is 421. The van der Waals surface area contributed by atoms with Gasteiger partial charge in [0.1, 0.15) is 5.82 Å². The molecular weight excluding hydrogens is 223 g/mol. The van der Waals surface area contributed by atoms with Crippen LogP contribution < -0.4 is 11.1 Å². The van der Waals surface area contributed by atoms with Crippen LogP contribution in [-0.4, -0.2) is 19.6 Å². The van der Waals surface area contributed by atoms with Crippen LogP contribution in [0.5, 0.6) is 0 Å². The Kier molecular flexibility index (Phi) is 3.17. The van der Waals surface area contributed by atoms with E-state index in [0.717, 1.165) is 12.6 Å². The van der Waals surface area contributed by atoms with Gasteiger partial charge in [-0.05, 0) is 30.9 Å². The second-order valence-corrected chi connectivity index (χ2v) is 4.24. The molecule has 0 heterocycles. The molecule has 0 bridgehead atoms. The van der Waals surface area contributed by atoms with E-state index >= 15 is 0 Å². The third-order valence-corrected chi connectivity index (χ3v) is 2.81. The van der Waals surface area contributed by atoms with Crippen molar-refractivity contribution in [3.8, 4) is 0 Å². The summed E-state index contributed by atoms with van der Waals surface area (Å²) in [5, 5.41) is 2.98. The number of ether oxygens (including phenoxy) is 1. The van der Waals surface area contributed by atoms with Gasteiger partial charge in [-0.3, -0.25) is 0 Å². The number of carbonyl (C=O) groups is 1. The molecule has 0 aliphatic heterocycles. The maximum absolute atomic E-state index is 13.7. The zero-order valence-electron chi connectivity index (χ0n) is 9.63. The zero-order chi connectivity index (χ0) is 12.4. The summed E-state index contributed by atoms with van der Waals surface area (Å²) < 4.78 is 18.2. The minimum Gasteiger partial charge on any atom is -0.465 e. The maximum Gasteiger partial charge on any atom is 0.338 e. The third kappa shape index (κ3) is 2.67. The van der Waals surface area contributed by atoms with E-state index in [4.69, 9.17) is 5.73 Å². The smallest absolute Gasteiger partial charge is 0.338 e. The molecule has 92 valence electrons. The molecule has 1 aliphatic rings. The standard InChI is InChI=1S/C12H15FN2O2/c1-17-12(16)8-4-9(13)11(10(14)5-8)15-6-7-2-3-7/h4-5,7,15H,2-3,6,14H2,1H3. The molecule has 1 fully saturated rings. The van der Waals surface area contributed by atoms with E-state index in [2.05, 4.69) is 10.1 Å². The van der Waals surface area contributed by atoms with Gasteiger partial charge >= 0.3 is 5.97 Å². The van der Waals surface area contributed by atoms with Crippen LogP contribution in [0, 0.1) is 11.7 Å². The first kappa shape index (κ1) is 11.7. The molecule has 1 saturated carbocycles. The van der Waals surface area contributed by atoms with E-state index in [9.17, 15) is 9.18 Å². The van der Waals surface area contributed by atoms with Gasteiger partial charge in [-0.25, -0.2) is 9.18 Å². The van der Waals surface area contributed by atoms with Crippen LogP contribution in [-0.2, 0) is 4.74 Å². The van der Waals surface area contributed by atoms with Crippen LogP contribution in [0.25, 0.3) is 0 Å². The number of hydrogen-bond donors (Lipinski definition) is 2. The Labute approximate surface area is 98.9 Å². The Morgan fingerprint density at radius 1 is 1.59 bits per heavy atom. The Morgan fingerprint density at radius 3 is 2.82 bits per heavy atom. The lowest BCUT2D eigenvalue weighted by Crippen LogP contribution is -2.10. The summed E-state index contributed by atoms with van der Waals surface area (Å²) in [6.07, 6.45) is 2.35. The van der Waals surface area contributed by atoms with Crippen LogP contribution >= 0.6 is 0 Å². The summed E-state index contributed by atoms with van der Waals surface area (Å²) in [6.45, 7) is 0.721. The molecule has 0 amide bonds. The average molecular weight is 238 g/mol. The predicted molar refractivity (Wildman–Crippen MR) is 63.4 cm³/mol. The lowest BCUT2D eigenvalue weighted by atomic mass is 10.1.